The molecule has 2 aromatic rings. The minimum absolute atomic E-state index is 0.425. The molecule has 22 heavy (non-hydrogen) atoms. The van der Waals surface area contributed by atoms with Crippen molar-refractivity contribution in [3.63, 3.8) is 0 Å². The molecule has 5 nitrogen and oxygen atoms in total. The summed E-state index contributed by atoms with van der Waals surface area (Å²) >= 11 is 0. The Morgan fingerprint density at radius 3 is 2.27 bits per heavy atom. The molecule has 116 valence electrons. The average molecular weight is 299 g/mol. The number of hydroxylamine groups is 1. The summed E-state index contributed by atoms with van der Waals surface area (Å²) < 4.78 is 0. The van der Waals surface area contributed by atoms with Gasteiger partial charge in [0, 0.05) is 12.2 Å². The Kier molecular flexibility index (Phi) is 6.41. The fourth-order valence-electron chi connectivity index (χ4n) is 2.15. The van der Waals surface area contributed by atoms with Gasteiger partial charge in [0.15, 0.2) is 0 Å². The molecule has 0 bridgehead atoms. The van der Waals surface area contributed by atoms with Crippen molar-refractivity contribution in [3.8, 4) is 0 Å². The van der Waals surface area contributed by atoms with Crippen molar-refractivity contribution in [1.29, 1.82) is 0 Å². The van der Waals surface area contributed by atoms with Gasteiger partial charge in [0.2, 0.25) is 0 Å². The molecule has 0 spiro atoms. The molecule has 0 saturated carbocycles. The number of rotatable bonds is 8. The van der Waals surface area contributed by atoms with E-state index in [9.17, 15) is 4.79 Å². The molecule has 2 aromatic carbocycles. The second kappa shape index (κ2) is 8.81. The largest absolute Gasteiger partial charge is 0.373 e. The lowest BCUT2D eigenvalue weighted by Crippen LogP contribution is -2.45. The van der Waals surface area contributed by atoms with Gasteiger partial charge >= 0.3 is 0 Å². The van der Waals surface area contributed by atoms with Gasteiger partial charge in [0.1, 0.15) is 6.04 Å². The van der Waals surface area contributed by atoms with Crippen molar-refractivity contribution >= 4 is 11.6 Å². The third-order valence-electron chi connectivity index (χ3n) is 3.32. The van der Waals surface area contributed by atoms with E-state index in [0.29, 0.717) is 6.54 Å². The number of carbonyl (C=O) groups excluding carboxylic acids is 1. The van der Waals surface area contributed by atoms with Crippen molar-refractivity contribution < 1.29 is 10.0 Å². The molecule has 0 aliphatic heterocycles. The maximum absolute atomic E-state index is 11.7. The Morgan fingerprint density at radius 2 is 1.64 bits per heavy atom. The van der Waals surface area contributed by atoms with Crippen LogP contribution in [0.3, 0.4) is 0 Å². The van der Waals surface area contributed by atoms with Crippen LogP contribution in [-0.2, 0) is 11.2 Å². The highest BCUT2D eigenvalue weighted by Gasteiger charge is 2.17. The lowest BCUT2D eigenvalue weighted by molar-refractivity contribution is -0.129. The number of hydrogen-bond donors (Lipinski definition) is 4. The Labute approximate surface area is 130 Å². The van der Waals surface area contributed by atoms with Crippen LogP contribution in [-0.4, -0.2) is 30.2 Å². The standard InChI is InChI=1S/C17H21N3O2/c21-17(20-22)16(19-15-9-5-2-6-10-15)13-18-12-11-14-7-3-1-4-8-14/h1-10,16,18-19,22H,11-13H2,(H,20,21). The second-order valence-corrected chi connectivity index (χ2v) is 4.98. The minimum Gasteiger partial charge on any atom is -0.373 e. The molecular formula is C17H21N3O2. The first-order valence-corrected chi connectivity index (χ1v) is 7.30. The lowest BCUT2D eigenvalue weighted by Gasteiger charge is -2.18. The summed E-state index contributed by atoms with van der Waals surface area (Å²) in [4.78, 5) is 11.7. The van der Waals surface area contributed by atoms with Crippen LogP contribution in [0.5, 0.6) is 0 Å². The molecule has 0 fully saturated rings. The van der Waals surface area contributed by atoms with Gasteiger partial charge in [-0.2, -0.15) is 0 Å². The number of amides is 1. The molecule has 0 aliphatic carbocycles. The molecule has 1 atom stereocenters. The highest BCUT2D eigenvalue weighted by Crippen LogP contribution is 2.07. The summed E-state index contributed by atoms with van der Waals surface area (Å²) in [5, 5.41) is 15.2. The van der Waals surface area contributed by atoms with Crippen LogP contribution in [0.25, 0.3) is 0 Å². The van der Waals surface area contributed by atoms with E-state index in [2.05, 4.69) is 22.8 Å². The van der Waals surface area contributed by atoms with Crippen LogP contribution in [0.15, 0.2) is 60.7 Å². The van der Waals surface area contributed by atoms with Gasteiger partial charge in [-0.15, -0.1) is 0 Å². The molecule has 0 radical (unpaired) electrons. The molecule has 0 aromatic heterocycles. The van der Waals surface area contributed by atoms with E-state index in [1.807, 2.05) is 48.5 Å². The monoisotopic (exact) mass is 299 g/mol. The fraction of sp³-hybridized carbons (Fsp3) is 0.235. The number of hydrogen-bond acceptors (Lipinski definition) is 4. The van der Waals surface area contributed by atoms with Gasteiger partial charge in [0.25, 0.3) is 5.91 Å². The predicted octanol–water partition coefficient (Wildman–Crippen LogP) is 1.80. The number of anilines is 1. The van der Waals surface area contributed by atoms with Crippen LogP contribution in [0.4, 0.5) is 5.69 Å². The topological polar surface area (TPSA) is 73.4 Å². The Balaban J connectivity index is 1.81. The predicted molar refractivity (Wildman–Crippen MR) is 86.8 cm³/mol. The van der Waals surface area contributed by atoms with Gasteiger partial charge in [-0.25, -0.2) is 5.48 Å². The van der Waals surface area contributed by atoms with E-state index < -0.39 is 11.9 Å². The zero-order valence-corrected chi connectivity index (χ0v) is 12.3. The highest BCUT2D eigenvalue weighted by atomic mass is 16.5. The maximum atomic E-state index is 11.7. The summed E-state index contributed by atoms with van der Waals surface area (Å²) in [6, 6.07) is 19.0. The number of nitrogens with one attached hydrogen (secondary N) is 3. The summed E-state index contributed by atoms with van der Waals surface area (Å²) in [5.74, 6) is -0.462. The third-order valence-corrected chi connectivity index (χ3v) is 3.32. The van der Waals surface area contributed by atoms with Gasteiger partial charge < -0.3 is 10.6 Å². The normalized spacial score (nSPS) is 11.7. The van der Waals surface area contributed by atoms with Crippen molar-refractivity contribution in [2.45, 2.75) is 12.5 Å². The van der Waals surface area contributed by atoms with E-state index in [1.54, 1.807) is 5.48 Å². The van der Waals surface area contributed by atoms with Crippen molar-refractivity contribution in [1.82, 2.24) is 10.8 Å². The molecule has 0 aliphatic rings. The van der Waals surface area contributed by atoms with Gasteiger partial charge in [-0.1, -0.05) is 48.5 Å². The lowest BCUT2D eigenvalue weighted by atomic mass is 10.1. The summed E-state index contributed by atoms with van der Waals surface area (Å²) in [7, 11) is 0. The SMILES string of the molecule is O=C(NO)C(CNCCc1ccccc1)Nc1ccccc1. The third kappa shape index (κ3) is 5.20. The van der Waals surface area contributed by atoms with Crippen molar-refractivity contribution in [2.75, 3.05) is 18.4 Å². The first kappa shape index (κ1) is 16.0. The summed E-state index contributed by atoms with van der Waals surface area (Å²) in [5.41, 5.74) is 3.78. The van der Waals surface area contributed by atoms with Crippen LogP contribution in [0.1, 0.15) is 5.56 Å². The fourth-order valence-corrected chi connectivity index (χ4v) is 2.15. The van der Waals surface area contributed by atoms with E-state index in [4.69, 9.17) is 5.21 Å². The smallest absolute Gasteiger partial charge is 0.267 e. The zero-order chi connectivity index (χ0) is 15.6. The van der Waals surface area contributed by atoms with Crippen LogP contribution in [0, 0.1) is 0 Å². The Bertz CT molecular complexity index is 561. The van der Waals surface area contributed by atoms with E-state index in [1.165, 1.54) is 5.56 Å². The number of benzene rings is 2. The van der Waals surface area contributed by atoms with Crippen LogP contribution >= 0.6 is 0 Å². The zero-order valence-electron chi connectivity index (χ0n) is 12.3. The maximum Gasteiger partial charge on any atom is 0.267 e. The molecule has 0 saturated heterocycles. The highest BCUT2D eigenvalue weighted by molar-refractivity contribution is 5.83. The number of para-hydroxylation sites is 1. The average Bonchev–Trinajstić information content (AvgIpc) is 2.58. The molecule has 0 heterocycles. The Hall–Kier alpha value is -2.37. The van der Waals surface area contributed by atoms with Crippen molar-refractivity contribution in [2.24, 2.45) is 0 Å². The first-order valence-electron chi connectivity index (χ1n) is 7.30. The molecule has 5 heteroatoms. The quantitative estimate of drug-likeness (QED) is 0.341. The van der Waals surface area contributed by atoms with E-state index >= 15 is 0 Å². The molecule has 4 N–H and O–H groups in total. The van der Waals surface area contributed by atoms with Gasteiger partial charge in [0.05, 0.1) is 0 Å². The molecule has 1 unspecified atom stereocenters. The number of carbonyl (C=O) groups is 1. The Morgan fingerprint density at radius 1 is 1.00 bits per heavy atom. The van der Waals surface area contributed by atoms with E-state index in [-0.39, 0.29) is 0 Å². The minimum atomic E-state index is -0.539. The summed E-state index contributed by atoms with van der Waals surface area (Å²) in [6.45, 7) is 1.18. The van der Waals surface area contributed by atoms with Crippen molar-refractivity contribution in [3.05, 3.63) is 66.2 Å². The first-order chi connectivity index (χ1) is 10.8. The second-order valence-electron chi connectivity index (χ2n) is 4.98. The van der Waals surface area contributed by atoms with Crippen LogP contribution in [0.2, 0.25) is 0 Å². The molecule has 1 amide bonds. The van der Waals surface area contributed by atoms with E-state index in [0.717, 1.165) is 18.7 Å². The van der Waals surface area contributed by atoms with Gasteiger partial charge in [-0.05, 0) is 30.7 Å². The molecule has 2 rings (SSSR count). The van der Waals surface area contributed by atoms with Crippen LogP contribution < -0.4 is 16.1 Å². The molecular weight excluding hydrogens is 278 g/mol. The summed E-state index contributed by atoms with van der Waals surface area (Å²) in [6.07, 6.45) is 0.889. The van der Waals surface area contributed by atoms with Gasteiger partial charge in [-0.3, -0.25) is 10.0 Å².